The number of piperidine rings is 1. The number of carboxylic acid groups (broad SMARTS) is 1. The summed E-state index contributed by atoms with van der Waals surface area (Å²) in [6, 6.07) is 9.57. The summed E-state index contributed by atoms with van der Waals surface area (Å²) in [5, 5.41) is 9.77. The topological polar surface area (TPSA) is 40.5 Å². The summed E-state index contributed by atoms with van der Waals surface area (Å²) in [6.45, 7) is 7.94. The van der Waals surface area contributed by atoms with Crippen molar-refractivity contribution in [2.24, 2.45) is 11.8 Å². The molecule has 1 aliphatic rings. The molecule has 0 unspecified atom stereocenters. The molecule has 0 aliphatic carbocycles. The Hall–Kier alpha value is -1.35. The molecule has 1 heterocycles. The van der Waals surface area contributed by atoms with Crippen molar-refractivity contribution < 1.29 is 9.90 Å². The highest BCUT2D eigenvalue weighted by molar-refractivity contribution is 5.80. The van der Waals surface area contributed by atoms with E-state index >= 15 is 0 Å². The van der Waals surface area contributed by atoms with Gasteiger partial charge in [0.15, 0.2) is 0 Å². The van der Waals surface area contributed by atoms with Crippen LogP contribution in [0.3, 0.4) is 0 Å². The van der Waals surface area contributed by atoms with Gasteiger partial charge in [-0.3, -0.25) is 4.90 Å². The van der Waals surface area contributed by atoms with Crippen LogP contribution in [-0.4, -0.2) is 29.1 Å². The third-order valence-electron chi connectivity index (χ3n) is 4.25. The van der Waals surface area contributed by atoms with Crippen molar-refractivity contribution in [3.05, 3.63) is 35.9 Å². The Kier molecular flexibility index (Phi) is 3.95. The fourth-order valence-corrected chi connectivity index (χ4v) is 3.23. The zero-order chi connectivity index (χ0) is 14.0. The molecule has 2 rings (SSSR count). The van der Waals surface area contributed by atoms with Gasteiger partial charge in [-0.1, -0.05) is 44.2 Å². The summed E-state index contributed by atoms with van der Waals surface area (Å²) < 4.78 is 0. The Bertz CT molecular complexity index is 435. The van der Waals surface area contributed by atoms with Crippen molar-refractivity contribution in [2.75, 3.05) is 13.1 Å². The van der Waals surface area contributed by atoms with Gasteiger partial charge in [-0.2, -0.15) is 0 Å². The second-order valence-electron chi connectivity index (χ2n) is 6.09. The van der Waals surface area contributed by atoms with E-state index in [-0.39, 0.29) is 0 Å². The molecule has 1 saturated heterocycles. The standard InChI is InChI=1S/C16H23NO2/c1-12-9-13(2)11-17(10-12)16(3,15(18)19)14-7-5-4-6-8-14/h4-8,12-13H,9-11H2,1-3H3,(H,18,19)/t12-,13-,16+/m0/s1. The van der Waals surface area contributed by atoms with Crippen LogP contribution in [0.25, 0.3) is 0 Å². The van der Waals surface area contributed by atoms with Crippen LogP contribution in [0.5, 0.6) is 0 Å². The highest BCUT2D eigenvalue weighted by Crippen LogP contribution is 2.34. The monoisotopic (exact) mass is 261 g/mol. The molecule has 0 bridgehead atoms. The largest absolute Gasteiger partial charge is 0.480 e. The first kappa shape index (κ1) is 14.1. The molecule has 0 aromatic heterocycles. The van der Waals surface area contributed by atoms with Gasteiger partial charge in [0, 0.05) is 13.1 Å². The summed E-state index contributed by atoms with van der Waals surface area (Å²) in [5.41, 5.74) is -0.0618. The number of rotatable bonds is 3. The van der Waals surface area contributed by atoms with E-state index in [1.807, 2.05) is 37.3 Å². The molecule has 3 heteroatoms. The van der Waals surface area contributed by atoms with Gasteiger partial charge < -0.3 is 5.11 Å². The van der Waals surface area contributed by atoms with Crippen molar-refractivity contribution in [2.45, 2.75) is 32.7 Å². The average molecular weight is 261 g/mol. The van der Waals surface area contributed by atoms with Crippen LogP contribution in [0.1, 0.15) is 32.8 Å². The van der Waals surface area contributed by atoms with Crippen molar-refractivity contribution >= 4 is 5.97 Å². The third-order valence-corrected chi connectivity index (χ3v) is 4.25. The van der Waals surface area contributed by atoms with Gasteiger partial charge in [0.1, 0.15) is 5.54 Å². The molecule has 1 aliphatic heterocycles. The van der Waals surface area contributed by atoms with E-state index in [0.29, 0.717) is 11.8 Å². The van der Waals surface area contributed by atoms with Gasteiger partial charge in [0.05, 0.1) is 0 Å². The molecule has 0 radical (unpaired) electrons. The maximum atomic E-state index is 11.9. The minimum absolute atomic E-state index is 0.547. The molecule has 1 aromatic rings. The minimum atomic E-state index is -0.926. The van der Waals surface area contributed by atoms with Gasteiger partial charge in [-0.05, 0) is 30.7 Å². The number of likely N-dealkylation sites (tertiary alicyclic amines) is 1. The van der Waals surface area contributed by atoms with E-state index in [1.54, 1.807) is 0 Å². The Morgan fingerprint density at radius 1 is 1.21 bits per heavy atom. The number of carboxylic acids is 1. The number of benzene rings is 1. The molecule has 104 valence electrons. The molecule has 19 heavy (non-hydrogen) atoms. The van der Waals surface area contributed by atoms with Crippen molar-refractivity contribution in [1.29, 1.82) is 0 Å². The molecule has 0 amide bonds. The highest BCUT2D eigenvalue weighted by Gasteiger charge is 2.43. The van der Waals surface area contributed by atoms with Crippen molar-refractivity contribution in [3.63, 3.8) is 0 Å². The van der Waals surface area contributed by atoms with E-state index in [4.69, 9.17) is 0 Å². The van der Waals surface area contributed by atoms with Gasteiger partial charge in [-0.25, -0.2) is 4.79 Å². The quantitative estimate of drug-likeness (QED) is 0.909. The number of carbonyl (C=O) groups is 1. The fraction of sp³-hybridized carbons (Fsp3) is 0.562. The molecule has 1 aromatic carbocycles. The van der Waals surface area contributed by atoms with Crippen LogP contribution in [0, 0.1) is 11.8 Å². The first-order valence-electron chi connectivity index (χ1n) is 6.98. The third kappa shape index (κ3) is 2.66. The first-order chi connectivity index (χ1) is 8.94. The predicted molar refractivity (Wildman–Crippen MR) is 75.9 cm³/mol. The van der Waals surface area contributed by atoms with E-state index in [2.05, 4.69) is 18.7 Å². The normalized spacial score (nSPS) is 27.7. The first-order valence-corrected chi connectivity index (χ1v) is 6.98. The Morgan fingerprint density at radius 2 is 1.74 bits per heavy atom. The predicted octanol–water partition coefficient (Wildman–Crippen LogP) is 2.96. The SMILES string of the molecule is C[C@H]1C[C@H](C)CN([C@@](C)(C(=O)O)c2ccccc2)C1. The lowest BCUT2D eigenvalue weighted by atomic mass is 9.83. The molecule has 1 fully saturated rings. The molecule has 3 atom stereocenters. The van der Waals surface area contributed by atoms with Crippen molar-refractivity contribution in [1.82, 2.24) is 4.90 Å². The Balaban J connectivity index is 2.37. The molecule has 1 N–H and O–H groups in total. The zero-order valence-corrected chi connectivity index (χ0v) is 12.0. The van der Waals surface area contributed by atoms with Crippen LogP contribution in [0.2, 0.25) is 0 Å². The molecule has 0 spiro atoms. The van der Waals surface area contributed by atoms with Crippen LogP contribution in [-0.2, 0) is 10.3 Å². The summed E-state index contributed by atoms with van der Waals surface area (Å²) >= 11 is 0. The molecule has 3 nitrogen and oxygen atoms in total. The maximum absolute atomic E-state index is 11.9. The molecular weight excluding hydrogens is 238 g/mol. The Morgan fingerprint density at radius 3 is 2.21 bits per heavy atom. The van der Waals surface area contributed by atoms with E-state index in [9.17, 15) is 9.90 Å². The second-order valence-corrected chi connectivity index (χ2v) is 6.09. The lowest BCUT2D eigenvalue weighted by molar-refractivity contribution is -0.153. The van der Waals surface area contributed by atoms with Gasteiger partial charge in [-0.15, -0.1) is 0 Å². The van der Waals surface area contributed by atoms with Crippen LogP contribution in [0.4, 0.5) is 0 Å². The van der Waals surface area contributed by atoms with Gasteiger partial charge >= 0.3 is 5.97 Å². The minimum Gasteiger partial charge on any atom is -0.480 e. The zero-order valence-electron chi connectivity index (χ0n) is 12.0. The maximum Gasteiger partial charge on any atom is 0.328 e. The Labute approximate surface area is 115 Å². The van der Waals surface area contributed by atoms with Crippen molar-refractivity contribution in [3.8, 4) is 0 Å². The van der Waals surface area contributed by atoms with Gasteiger partial charge in [0.2, 0.25) is 0 Å². The van der Waals surface area contributed by atoms with E-state index < -0.39 is 11.5 Å². The average Bonchev–Trinajstić information content (AvgIpc) is 2.37. The van der Waals surface area contributed by atoms with E-state index in [1.165, 1.54) is 6.42 Å². The number of hydrogen-bond donors (Lipinski definition) is 1. The lowest BCUT2D eigenvalue weighted by Crippen LogP contribution is -2.54. The summed E-state index contributed by atoms with van der Waals surface area (Å²) in [5.74, 6) is 0.331. The number of hydrogen-bond acceptors (Lipinski definition) is 2. The number of nitrogens with zero attached hydrogens (tertiary/aromatic N) is 1. The number of aliphatic carboxylic acids is 1. The van der Waals surface area contributed by atoms with Gasteiger partial charge in [0.25, 0.3) is 0 Å². The molecule has 0 saturated carbocycles. The lowest BCUT2D eigenvalue weighted by Gasteiger charge is -2.44. The van der Waals surface area contributed by atoms with Crippen LogP contribution in [0.15, 0.2) is 30.3 Å². The van der Waals surface area contributed by atoms with Crippen LogP contribution >= 0.6 is 0 Å². The van der Waals surface area contributed by atoms with Crippen LogP contribution < -0.4 is 0 Å². The fourth-order valence-electron chi connectivity index (χ4n) is 3.23. The molecular formula is C16H23NO2. The second kappa shape index (κ2) is 5.33. The highest BCUT2D eigenvalue weighted by atomic mass is 16.4. The summed E-state index contributed by atoms with van der Waals surface area (Å²) in [4.78, 5) is 14.0. The summed E-state index contributed by atoms with van der Waals surface area (Å²) in [6.07, 6.45) is 1.18. The smallest absolute Gasteiger partial charge is 0.328 e. The summed E-state index contributed by atoms with van der Waals surface area (Å²) in [7, 11) is 0. The van der Waals surface area contributed by atoms with E-state index in [0.717, 1.165) is 18.7 Å².